The van der Waals surface area contributed by atoms with Crippen molar-refractivity contribution in [2.24, 2.45) is 5.73 Å². The first-order valence-corrected chi connectivity index (χ1v) is 6.55. The van der Waals surface area contributed by atoms with Crippen LogP contribution in [-0.2, 0) is 9.53 Å². The molecule has 0 bridgehead atoms. The van der Waals surface area contributed by atoms with Gasteiger partial charge in [-0.15, -0.1) is 0 Å². The fraction of sp³-hybridized carbons (Fsp3) is 0.154. The number of carbonyl (C=O) groups is 2. The molecule has 0 saturated carbocycles. The van der Waals surface area contributed by atoms with E-state index in [1.165, 1.54) is 19.1 Å². The molecule has 2 N–H and O–H groups in total. The molecule has 0 aliphatic heterocycles. The normalized spacial score (nSPS) is 11.3. The minimum Gasteiger partial charge on any atom is -0.454 e. The first-order valence-electron chi connectivity index (χ1n) is 5.38. The van der Waals surface area contributed by atoms with E-state index in [9.17, 15) is 9.59 Å². The molecule has 0 aromatic heterocycles. The van der Waals surface area contributed by atoms with Gasteiger partial charge < -0.3 is 10.5 Å². The third kappa shape index (κ3) is 4.08. The highest BCUT2D eigenvalue weighted by molar-refractivity contribution is 9.10. The van der Waals surface area contributed by atoms with Gasteiger partial charge in [-0.3, -0.25) is 4.79 Å². The van der Waals surface area contributed by atoms with Crippen LogP contribution in [0, 0.1) is 11.3 Å². The Morgan fingerprint density at radius 1 is 1.50 bits per heavy atom. The molecule has 20 heavy (non-hydrogen) atoms. The van der Waals surface area contributed by atoms with Crippen LogP contribution in [0.4, 0.5) is 0 Å². The smallest absolute Gasteiger partial charge is 0.340 e. The van der Waals surface area contributed by atoms with Crippen molar-refractivity contribution >= 4 is 39.3 Å². The quantitative estimate of drug-likeness (QED) is 0.508. The molecule has 0 heterocycles. The van der Waals surface area contributed by atoms with Crippen molar-refractivity contribution in [1.82, 2.24) is 0 Å². The number of nitrogens with two attached hydrogens (primary N) is 1. The molecule has 1 aromatic carbocycles. The van der Waals surface area contributed by atoms with Gasteiger partial charge in [-0.25, -0.2) is 4.79 Å². The van der Waals surface area contributed by atoms with E-state index in [0.29, 0.717) is 4.47 Å². The highest BCUT2D eigenvalue weighted by atomic mass is 79.9. The van der Waals surface area contributed by atoms with Crippen molar-refractivity contribution < 1.29 is 14.3 Å². The molecule has 0 amide bonds. The van der Waals surface area contributed by atoms with Crippen molar-refractivity contribution in [1.29, 1.82) is 5.26 Å². The number of ether oxygens (including phenoxy) is 1. The molecule has 0 saturated heterocycles. The topological polar surface area (TPSA) is 93.2 Å². The SMILES string of the molecule is CC(N)=C(C#N)C(=O)COC(=O)c1cc(Br)ccc1Cl. The van der Waals surface area contributed by atoms with E-state index in [2.05, 4.69) is 15.9 Å². The molecular weight excluding hydrogens is 348 g/mol. The Morgan fingerprint density at radius 2 is 2.15 bits per heavy atom. The van der Waals surface area contributed by atoms with Crippen LogP contribution in [0.25, 0.3) is 0 Å². The van der Waals surface area contributed by atoms with E-state index in [4.69, 9.17) is 27.3 Å². The Bertz CT molecular complexity index is 631. The summed E-state index contributed by atoms with van der Waals surface area (Å²) in [7, 11) is 0. The third-order valence-corrected chi connectivity index (χ3v) is 3.09. The number of allylic oxidation sites excluding steroid dienone is 1. The summed E-state index contributed by atoms with van der Waals surface area (Å²) in [6, 6.07) is 6.33. The molecule has 7 heteroatoms. The summed E-state index contributed by atoms with van der Waals surface area (Å²) < 4.78 is 5.47. The molecule has 0 aliphatic rings. The molecule has 1 aromatic rings. The van der Waals surface area contributed by atoms with Crippen molar-refractivity contribution in [3.8, 4) is 6.07 Å². The van der Waals surface area contributed by atoms with Gasteiger partial charge in [0.2, 0.25) is 5.78 Å². The fourth-order valence-corrected chi connectivity index (χ4v) is 1.86. The van der Waals surface area contributed by atoms with Gasteiger partial charge >= 0.3 is 5.97 Å². The summed E-state index contributed by atoms with van der Waals surface area (Å²) >= 11 is 9.06. The fourth-order valence-electron chi connectivity index (χ4n) is 1.31. The summed E-state index contributed by atoms with van der Waals surface area (Å²) in [5, 5.41) is 8.96. The third-order valence-electron chi connectivity index (χ3n) is 2.27. The lowest BCUT2D eigenvalue weighted by Crippen LogP contribution is -2.17. The van der Waals surface area contributed by atoms with Gasteiger partial charge in [-0.1, -0.05) is 27.5 Å². The number of hydrogen-bond acceptors (Lipinski definition) is 5. The van der Waals surface area contributed by atoms with Crippen molar-refractivity contribution in [3.63, 3.8) is 0 Å². The van der Waals surface area contributed by atoms with E-state index in [1.807, 2.05) is 0 Å². The second-order valence-electron chi connectivity index (χ2n) is 3.79. The highest BCUT2D eigenvalue weighted by Crippen LogP contribution is 2.21. The van der Waals surface area contributed by atoms with E-state index in [1.54, 1.807) is 12.1 Å². The summed E-state index contributed by atoms with van der Waals surface area (Å²) in [5.74, 6) is -1.41. The van der Waals surface area contributed by atoms with Crippen LogP contribution in [0.1, 0.15) is 17.3 Å². The zero-order valence-electron chi connectivity index (χ0n) is 10.4. The number of carbonyl (C=O) groups excluding carboxylic acids is 2. The lowest BCUT2D eigenvalue weighted by Gasteiger charge is -2.06. The van der Waals surface area contributed by atoms with Gasteiger partial charge in [0, 0.05) is 10.2 Å². The van der Waals surface area contributed by atoms with Crippen LogP contribution in [0.2, 0.25) is 5.02 Å². The number of rotatable bonds is 4. The van der Waals surface area contributed by atoms with Crippen LogP contribution in [0.15, 0.2) is 33.9 Å². The van der Waals surface area contributed by atoms with Crippen LogP contribution in [0.3, 0.4) is 0 Å². The number of hydrogen-bond donors (Lipinski definition) is 1. The molecule has 0 atom stereocenters. The number of benzene rings is 1. The van der Waals surface area contributed by atoms with Gasteiger partial charge in [-0.2, -0.15) is 5.26 Å². The first-order chi connectivity index (χ1) is 9.36. The van der Waals surface area contributed by atoms with Crippen molar-refractivity contribution in [2.45, 2.75) is 6.92 Å². The number of Topliss-reactive ketones (excluding diaryl/α,β-unsaturated/α-hetero) is 1. The molecule has 104 valence electrons. The van der Waals surface area contributed by atoms with Gasteiger partial charge in [0.05, 0.1) is 10.6 Å². The van der Waals surface area contributed by atoms with Crippen LogP contribution >= 0.6 is 27.5 Å². The average molecular weight is 358 g/mol. The zero-order valence-corrected chi connectivity index (χ0v) is 12.8. The Hall–Kier alpha value is -1.84. The van der Waals surface area contributed by atoms with Crippen LogP contribution < -0.4 is 5.73 Å². The Balaban J connectivity index is 2.79. The van der Waals surface area contributed by atoms with E-state index in [0.717, 1.165) is 0 Å². The largest absolute Gasteiger partial charge is 0.454 e. The standard InChI is InChI=1S/C13H10BrClN2O3/c1-7(17)10(5-16)12(18)6-20-13(19)9-4-8(14)2-3-11(9)15/h2-4H,6,17H2,1H3. The molecule has 0 fully saturated rings. The van der Waals surface area contributed by atoms with Crippen molar-refractivity contribution in [2.75, 3.05) is 6.61 Å². The molecule has 0 aliphatic carbocycles. The maximum absolute atomic E-state index is 11.8. The van der Waals surface area contributed by atoms with Gasteiger partial charge in [0.1, 0.15) is 11.6 Å². The Labute approximate surface area is 129 Å². The van der Waals surface area contributed by atoms with Crippen molar-refractivity contribution in [3.05, 3.63) is 44.5 Å². The molecule has 0 spiro atoms. The lowest BCUT2D eigenvalue weighted by molar-refractivity contribution is -0.118. The average Bonchev–Trinajstić information content (AvgIpc) is 2.39. The van der Waals surface area contributed by atoms with Gasteiger partial charge in [0.15, 0.2) is 6.61 Å². The summed E-state index contributed by atoms with van der Waals surface area (Å²) in [4.78, 5) is 23.4. The zero-order chi connectivity index (χ0) is 15.3. The molecule has 0 radical (unpaired) electrons. The molecule has 5 nitrogen and oxygen atoms in total. The number of ketones is 1. The Kier molecular flexibility index (Phi) is 5.74. The van der Waals surface area contributed by atoms with E-state index < -0.39 is 18.4 Å². The molecule has 0 unspecified atom stereocenters. The maximum Gasteiger partial charge on any atom is 0.340 e. The van der Waals surface area contributed by atoms with Gasteiger partial charge in [0.25, 0.3) is 0 Å². The molecular formula is C13H10BrClN2O3. The number of nitriles is 1. The first kappa shape index (κ1) is 16.2. The minimum atomic E-state index is -0.753. The maximum atomic E-state index is 11.8. The predicted molar refractivity (Wildman–Crippen MR) is 76.9 cm³/mol. The lowest BCUT2D eigenvalue weighted by atomic mass is 10.1. The van der Waals surface area contributed by atoms with E-state index >= 15 is 0 Å². The predicted octanol–water partition coefficient (Wildman–Crippen LogP) is 2.58. The van der Waals surface area contributed by atoms with E-state index in [-0.39, 0.29) is 21.9 Å². The summed E-state index contributed by atoms with van der Waals surface area (Å²) in [6.07, 6.45) is 0. The number of esters is 1. The minimum absolute atomic E-state index is 0.0778. The second-order valence-corrected chi connectivity index (χ2v) is 5.12. The van der Waals surface area contributed by atoms with Crippen LogP contribution in [0.5, 0.6) is 0 Å². The van der Waals surface area contributed by atoms with Crippen LogP contribution in [-0.4, -0.2) is 18.4 Å². The number of nitrogens with zero attached hydrogens (tertiary/aromatic N) is 1. The summed E-state index contributed by atoms with van der Waals surface area (Å²) in [6.45, 7) is 0.850. The molecule has 1 rings (SSSR count). The monoisotopic (exact) mass is 356 g/mol. The van der Waals surface area contributed by atoms with Gasteiger partial charge in [-0.05, 0) is 25.1 Å². The highest BCUT2D eigenvalue weighted by Gasteiger charge is 2.17. The second kappa shape index (κ2) is 7.08. The Morgan fingerprint density at radius 3 is 2.70 bits per heavy atom. The summed E-state index contributed by atoms with van der Waals surface area (Å²) in [5.41, 5.74) is 5.36. The number of halogens is 2.